The molecule has 59 heavy (non-hydrogen) atoms. The number of carbonyl (C=O) groups excluding carboxylic acids is 4. The summed E-state index contributed by atoms with van der Waals surface area (Å²) in [5, 5.41) is 6.63. The molecule has 322 valence electrons. The average Bonchev–Trinajstić information content (AvgIpc) is 4.04. The van der Waals surface area contributed by atoms with Crippen LogP contribution in [0.15, 0.2) is 36.4 Å². The molecule has 0 spiro atoms. The first-order chi connectivity index (χ1) is 27.6. The first kappa shape index (κ1) is 42.5. The standard InChI is InChI=1S/C41H52F3N5O9S/c1-23-11-6-7-12-25-21-40(25,36(52)48-59(54,55)39(5)16-17-39)47-33(50)30-20-26(57-34-28-14-9-8-13-27(28)32-29(45-34)15-10-18-56-32)22-49(30)35(51)31(24(2)19-23)46-37(53)58-38(3,4)41(42,43)44/h7-9,12-14,23-26,30-31H,6,10-11,15-22H2,1-5H3,(H,46,53)(H,47,50)(H,48,52)/b12-7-/t23-,24-,25-,26-,30+,31+,40-/m1/s1. The number of hydrogen-bond acceptors (Lipinski definition) is 10. The van der Waals surface area contributed by atoms with Gasteiger partial charge in [-0.25, -0.2) is 18.2 Å². The van der Waals surface area contributed by atoms with Gasteiger partial charge in [-0.3, -0.25) is 19.1 Å². The second-order valence-corrected chi connectivity index (χ2v) is 19.9. The number of benzene rings is 1. The van der Waals surface area contributed by atoms with Crippen LogP contribution < -0.4 is 24.8 Å². The molecule has 14 nitrogen and oxygen atoms in total. The van der Waals surface area contributed by atoms with Gasteiger partial charge in [-0.2, -0.15) is 13.2 Å². The Balaban J connectivity index is 1.24. The number of alkyl halides is 3. The highest BCUT2D eigenvalue weighted by Gasteiger charge is 2.63. The van der Waals surface area contributed by atoms with Crippen molar-refractivity contribution in [2.45, 2.75) is 133 Å². The van der Waals surface area contributed by atoms with Gasteiger partial charge in [-0.05, 0) is 90.0 Å². The van der Waals surface area contributed by atoms with Gasteiger partial charge >= 0.3 is 12.3 Å². The average molecular weight is 848 g/mol. The zero-order chi connectivity index (χ0) is 42.7. The molecule has 1 saturated heterocycles. The van der Waals surface area contributed by atoms with Crippen LogP contribution in [0.3, 0.4) is 0 Å². The fraction of sp³-hybridized carbons (Fsp3) is 0.634. The third kappa shape index (κ3) is 8.42. The van der Waals surface area contributed by atoms with Crippen molar-refractivity contribution in [3.8, 4) is 11.6 Å². The maximum atomic E-state index is 14.8. The summed E-state index contributed by atoms with van der Waals surface area (Å²) in [6.07, 6.45) is 0.126. The maximum Gasteiger partial charge on any atom is 0.427 e. The fourth-order valence-corrected chi connectivity index (χ4v) is 9.60. The molecule has 3 fully saturated rings. The number of rotatable bonds is 7. The van der Waals surface area contributed by atoms with Crippen LogP contribution in [0.4, 0.5) is 18.0 Å². The van der Waals surface area contributed by atoms with E-state index in [1.54, 1.807) is 19.9 Å². The summed E-state index contributed by atoms with van der Waals surface area (Å²) in [5.41, 5.74) is -3.83. The molecular weight excluding hydrogens is 796 g/mol. The third-order valence-electron chi connectivity index (χ3n) is 12.5. The Labute approximate surface area is 341 Å². The Morgan fingerprint density at radius 2 is 1.80 bits per heavy atom. The highest BCUT2D eigenvalue weighted by molar-refractivity contribution is 7.91. The Kier molecular flexibility index (Phi) is 11.1. The molecule has 7 rings (SSSR count). The van der Waals surface area contributed by atoms with Gasteiger partial charge in [0.05, 0.1) is 23.6 Å². The lowest BCUT2D eigenvalue weighted by molar-refractivity contribution is -0.244. The van der Waals surface area contributed by atoms with Crippen LogP contribution in [-0.2, 0) is 35.6 Å². The summed E-state index contributed by atoms with van der Waals surface area (Å²) in [6.45, 7) is 6.92. The fourth-order valence-electron chi connectivity index (χ4n) is 8.29. The molecule has 3 N–H and O–H groups in total. The minimum absolute atomic E-state index is 0.0336. The van der Waals surface area contributed by atoms with E-state index in [1.165, 1.54) is 4.90 Å². The molecule has 0 unspecified atom stereocenters. The number of hydrogen-bond donors (Lipinski definition) is 3. The van der Waals surface area contributed by atoms with Crippen molar-refractivity contribution < 1.29 is 55.0 Å². The molecule has 4 amide bonds. The van der Waals surface area contributed by atoms with Crippen molar-refractivity contribution in [1.82, 2.24) is 25.2 Å². The van der Waals surface area contributed by atoms with Crippen LogP contribution in [0.2, 0.25) is 0 Å². The van der Waals surface area contributed by atoms with Crippen LogP contribution in [-0.4, -0.2) is 95.5 Å². The number of aromatic nitrogens is 1. The van der Waals surface area contributed by atoms with Crippen LogP contribution in [0.25, 0.3) is 10.8 Å². The number of allylic oxidation sites excluding steroid dienone is 1. The highest BCUT2D eigenvalue weighted by atomic mass is 32.2. The summed E-state index contributed by atoms with van der Waals surface area (Å²) in [7, 11) is -4.08. The molecule has 7 atom stereocenters. The van der Waals surface area contributed by atoms with Gasteiger partial charge in [0, 0.05) is 23.1 Å². The van der Waals surface area contributed by atoms with Gasteiger partial charge in [0.2, 0.25) is 33.3 Å². The van der Waals surface area contributed by atoms with Gasteiger partial charge in [0.15, 0.2) is 0 Å². The molecule has 5 aliphatic rings. The van der Waals surface area contributed by atoms with Gasteiger partial charge in [-0.1, -0.05) is 44.2 Å². The van der Waals surface area contributed by atoms with Crippen molar-refractivity contribution >= 4 is 44.6 Å². The maximum absolute atomic E-state index is 14.8. The summed E-state index contributed by atoms with van der Waals surface area (Å²) in [4.78, 5) is 62.6. The number of fused-ring (bicyclic) bond motifs is 5. The number of carbonyl (C=O) groups is 4. The summed E-state index contributed by atoms with van der Waals surface area (Å²) in [6, 6.07) is 4.63. The lowest BCUT2D eigenvalue weighted by Gasteiger charge is -2.34. The van der Waals surface area contributed by atoms with E-state index in [9.17, 15) is 40.8 Å². The minimum Gasteiger partial charge on any atom is -0.491 e. The zero-order valence-electron chi connectivity index (χ0n) is 33.8. The lowest BCUT2D eigenvalue weighted by Crippen LogP contribution is -2.59. The second-order valence-electron chi connectivity index (χ2n) is 17.7. The Bertz CT molecular complexity index is 2160. The molecule has 18 heteroatoms. The van der Waals surface area contributed by atoms with Crippen molar-refractivity contribution in [3.05, 3.63) is 42.1 Å². The Morgan fingerprint density at radius 3 is 2.49 bits per heavy atom. The zero-order valence-corrected chi connectivity index (χ0v) is 34.6. The lowest BCUT2D eigenvalue weighted by atomic mass is 9.88. The minimum atomic E-state index is -4.91. The molecule has 1 aromatic carbocycles. The number of sulfonamides is 1. The number of alkyl carbamates (subject to hydrolysis) is 1. The number of nitrogens with one attached hydrogen (secondary N) is 3. The van der Waals surface area contributed by atoms with E-state index >= 15 is 0 Å². The third-order valence-corrected chi connectivity index (χ3v) is 14.7. The first-order valence-corrected chi connectivity index (χ1v) is 21.8. The molecule has 3 aliphatic heterocycles. The first-order valence-electron chi connectivity index (χ1n) is 20.3. The molecule has 2 aliphatic carbocycles. The molecule has 0 bridgehead atoms. The number of amides is 4. The second kappa shape index (κ2) is 15.4. The van der Waals surface area contributed by atoms with E-state index in [0.717, 1.165) is 11.8 Å². The SMILES string of the molecule is C[C@@H]1CC/C=C\[C@@H]2C[C@@]2(C(=O)NS(=O)(=O)C2(C)CC2)NC(=O)[C@@H]2C[C@@H](Oc3nc4c(c5ccccc35)OCCC4)CN2C(=O)[C@@H](NC(=O)OC(C)(C)C(F)(F)F)[C@H](C)C1. The highest BCUT2D eigenvalue weighted by Crippen LogP contribution is 2.48. The summed E-state index contributed by atoms with van der Waals surface area (Å²) in [5.74, 6) is -2.72. The number of aryl methyl sites for hydroxylation is 1. The predicted molar refractivity (Wildman–Crippen MR) is 209 cm³/mol. The number of halogens is 3. The van der Waals surface area contributed by atoms with Gasteiger partial charge in [-0.15, -0.1) is 0 Å². The van der Waals surface area contributed by atoms with E-state index in [4.69, 9.17) is 19.2 Å². The topological polar surface area (TPSA) is 182 Å². The van der Waals surface area contributed by atoms with Crippen molar-refractivity contribution in [3.63, 3.8) is 0 Å². The number of pyridine rings is 1. The smallest absolute Gasteiger partial charge is 0.427 e. The van der Waals surface area contributed by atoms with Crippen LogP contribution >= 0.6 is 0 Å². The van der Waals surface area contributed by atoms with Crippen LogP contribution in [0.1, 0.15) is 91.7 Å². The Morgan fingerprint density at radius 1 is 1.08 bits per heavy atom. The molecule has 0 radical (unpaired) electrons. The van der Waals surface area contributed by atoms with Crippen LogP contribution in [0.5, 0.6) is 11.6 Å². The Hall–Kier alpha value is -4.61. The van der Waals surface area contributed by atoms with Crippen molar-refractivity contribution in [1.29, 1.82) is 0 Å². The van der Waals surface area contributed by atoms with E-state index < -0.39 is 85.9 Å². The van der Waals surface area contributed by atoms with E-state index in [0.29, 0.717) is 75.8 Å². The van der Waals surface area contributed by atoms with E-state index in [1.807, 2.05) is 37.3 Å². The molecule has 1 aromatic heterocycles. The normalized spacial score (nSPS) is 30.2. The number of ether oxygens (including phenoxy) is 3. The molecular formula is C41H52F3N5O9S. The summed E-state index contributed by atoms with van der Waals surface area (Å²) < 4.78 is 86.2. The number of nitrogens with zero attached hydrogens (tertiary/aromatic N) is 2. The van der Waals surface area contributed by atoms with Crippen molar-refractivity contribution in [2.75, 3.05) is 13.2 Å². The molecule has 4 heterocycles. The monoisotopic (exact) mass is 847 g/mol. The largest absolute Gasteiger partial charge is 0.491 e. The van der Waals surface area contributed by atoms with Crippen molar-refractivity contribution in [2.24, 2.45) is 17.8 Å². The molecule has 2 saturated carbocycles. The van der Waals surface area contributed by atoms with Gasteiger partial charge in [0.1, 0.15) is 29.5 Å². The summed E-state index contributed by atoms with van der Waals surface area (Å²) >= 11 is 0. The van der Waals surface area contributed by atoms with Crippen LogP contribution in [0, 0.1) is 17.8 Å². The van der Waals surface area contributed by atoms with Gasteiger partial charge in [0.25, 0.3) is 5.91 Å². The van der Waals surface area contributed by atoms with E-state index in [-0.39, 0.29) is 31.2 Å². The molecule has 2 aromatic rings. The van der Waals surface area contributed by atoms with E-state index in [2.05, 4.69) is 15.4 Å². The quantitative estimate of drug-likeness (QED) is 0.312. The van der Waals surface area contributed by atoms with Gasteiger partial charge < -0.3 is 29.7 Å². The predicted octanol–water partition coefficient (Wildman–Crippen LogP) is 5.23.